The number of carbonyl (C=O) groups excluding carboxylic acids is 2. The van der Waals surface area contributed by atoms with Crippen molar-refractivity contribution >= 4 is 11.9 Å². The van der Waals surface area contributed by atoms with Crippen molar-refractivity contribution in [3.63, 3.8) is 0 Å². The van der Waals surface area contributed by atoms with Crippen LogP contribution in [0.4, 0.5) is 0 Å². The fourth-order valence-corrected chi connectivity index (χ4v) is 9.87. The highest BCUT2D eigenvalue weighted by Gasteiger charge is 2.20. The highest BCUT2D eigenvalue weighted by Crippen LogP contribution is 2.18. The predicted octanol–water partition coefficient (Wildman–Crippen LogP) is 19.8. The quantitative estimate of drug-likeness (QED) is 0.0321. The molecule has 0 aromatic heterocycles. The average Bonchev–Trinajstić information content (AvgIpc) is 3.36. The molecule has 414 valence electrons. The van der Waals surface area contributed by atoms with Crippen LogP contribution in [0.15, 0.2) is 24.3 Å². The molecule has 0 bridgehead atoms. The Balaban J connectivity index is 3.47. The summed E-state index contributed by atoms with van der Waals surface area (Å²) >= 11 is 0. The van der Waals surface area contributed by atoms with E-state index in [1.807, 2.05) is 0 Å². The molecule has 3 N–H and O–H groups in total. The number of aliphatic hydroxyl groups is 2. The molecule has 6 nitrogen and oxygen atoms in total. The molecule has 0 spiro atoms. The molecule has 0 aromatic carbocycles. The number of esters is 1. The average molecular weight is 987 g/mol. The van der Waals surface area contributed by atoms with Crippen molar-refractivity contribution in [2.75, 3.05) is 13.2 Å². The maximum absolute atomic E-state index is 12.5. The van der Waals surface area contributed by atoms with Gasteiger partial charge in [-0.05, 0) is 77.0 Å². The zero-order valence-corrected chi connectivity index (χ0v) is 47.3. The molecule has 0 fully saturated rings. The zero-order chi connectivity index (χ0) is 50.7. The highest BCUT2D eigenvalue weighted by atomic mass is 16.5. The molecule has 0 aliphatic rings. The first-order valence-electron chi connectivity index (χ1n) is 31.6. The van der Waals surface area contributed by atoms with Gasteiger partial charge in [0.05, 0.1) is 25.4 Å². The maximum atomic E-state index is 12.5. The molecule has 0 aromatic rings. The summed E-state index contributed by atoms with van der Waals surface area (Å²) in [4.78, 5) is 24.6. The number of aliphatic hydroxyl groups excluding tert-OH is 2. The van der Waals surface area contributed by atoms with E-state index in [9.17, 15) is 19.8 Å². The molecule has 6 heteroatoms. The van der Waals surface area contributed by atoms with E-state index in [-0.39, 0.29) is 18.5 Å². The van der Waals surface area contributed by atoms with Crippen LogP contribution in [0.25, 0.3) is 0 Å². The van der Waals surface area contributed by atoms with Crippen LogP contribution in [0.3, 0.4) is 0 Å². The van der Waals surface area contributed by atoms with Gasteiger partial charge in [0.1, 0.15) is 0 Å². The van der Waals surface area contributed by atoms with Crippen molar-refractivity contribution in [3.8, 4) is 0 Å². The van der Waals surface area contributed by atoms with Gasteiger partial charge < -0.3 is 20.3 Å². The lowest BCUT2D eigenvalue weighted by molar-refractivity contribution is -0.143. The van der Waals surface area contributed by atoms with Gasteiger partial charge in [-0.2, -0.15) is 0 Å². The van der Waals surface area contributed by atoms with Crippen LogP contribution in [0.1, 0.15) is 348 Å². The first-order valence-corrected chi connectivity index (χ1v) is 31.6. The Morgan fingerprint density at radius 1 is 0.386 bits per heavy atom. The monoisotopic (exact) mass is 986 g/mol. The minimum atomic E-state index is -0.683. The van der Waals surface area contributed by atoms with Crippen molar-refractivity contribution in [1.82, 2.24) is 5.32 Å². The van der Waals surface area contributed by atoms with E-state index < -0.39 is 12.1 Å². The summed E-state index contributed by atoms with van der Waals surface area (Å²) in [6.45, 7) is 4.93. The second kappa shape index (κ2) is 59.9. The topological polar surface area (TPSA) is 95.9 Å². The van der Waals surface area contributed by atoms with Gasteiger partial charge in [-0.3, -0.25) is 9.59 Å². The van der Waals surface area contributed by atoms with Crippen molar-refractivity contribution in [2.45, 2.75) is 360 Å². The van der Waals surface area contributed by atoms with Gasteiger partial charge in [0, 0.05) is 12.8 Å². The SMILES string of the molecule is CCCCCCCC/C=C\CCCCCCCC(=O)OCCCCCCCC/C=C\CCCCCC(=O)NC(CO)C(O)CCCCCCCCCCCCCCCCCCCCCCCCCCC. The number of allylic oxidation sites excluding steroid dienone is 4. The first kappa shape index (κ1) is 68.3. The molecule has 0 radical (unpaired) electrons. The lowest BCUT2D eigenvalue weighted by Crippen LogP contribution is -2.45. The fourth-order valence-electron chi connectivity index (χ4n) is 9.87. The van der Waals surface area contributed by atoms with Gasteiger partial charge in [-0.1, -0.05) is 282 Å². The number of nitrogens with one attached hydrogen (secondary N) is 1. The summed E-state index contributed by atoms with van der Waals surface area (Å²) in [6, 6.07) is -0.563. The van der Waals surface area contributed by atoms with Crippen LogP contribution in [-0.4, -0.2) is 47.4 Å². The Kier molecular flexibility index (Phi) is 58.5. The lowest BCUT2D eigenvalue weighted by Gasteiger charge is -2.22. The van der Waals surface area contributed by atoms with Crippen LogP contribution >= 0.6 is 0 Å². The third-order valence-corrected chi connectivity index (χ3v) is 14.7. The molecule has 0 heterocycles. The number of amides is 1. The van der Waals surface area contributed by atoms with Gasteiger partial charge in [-0.25, -0.2) is 0 Å². The summed E-state index contributed by atoms with van der Waals surface area (Å²) in [7, 11) is 0. The minimum Gasteiger partial charge on any atom is -0.466 e. The molecular weight excluding hydrogens is 863 g/mol. The number of ether oxygens (including phenoxy) is 1. The Bertz CT molecular complexity index is 1090. The van der Waals surface area contributed by atoms with E-state index >= 15 is 0 Å². The van der Waals surface area contributed by atoms with Crippen molar-refractivity contribution in [2.24, 2.45) is 0 Å². The Morgan fingerprint density at radius 3 is 1.03 bits per heavy atom. The third kappa shape index (κ3) is 55.7. The predicted molar refractivity (Wildman–Crippen MR) is 306 cm³/mol. The fraction of sp³-hybridized carbons (Fsp3) is 0.906. The molecular formula is C64H123NO5. The molecule has 0 saturated carbocycles. The molecule has 0 aliphatic heterocycles. The second-order valence-electron chi connectivity index (χ2n) is 21.7. The molecule has 0 aliphatic carbocycles. The Labute approximate surface area is 437 Å². The first-order chi connectivity index (χ1) is 34.5. The summed E-state index contributed by atoms with van der Waals surface area (Å²) < 4.78 is 5.46. The highest BCUT2D eigenvalue weighted by molar-refractivity contribution is 5.76. The number of hydrogen-bond donors (Lipinski definition) is 3. The smallest absolute Gasteiger partial charge is 0.305 e. The van der Waals surface area contributed by atoms with Gasteiger partial charge >= 0.3 is 5.97 Å². The van der Waals surface area contributed by atoms with E-state index in [4.69, 9.17) is 4.74 Å². The molecule has 1 amide bonds. The number of hydrogen-bond acceptors (Lipinski definition) is 5. The van der Waals surface area contributed by atoms with Crippen LogP contribution in [0.2, 0.25) is 0 Å². The van der Waals surface area contributed by atoms with Crippen molar-refractivity contribution < 1.29 is 24.5 Å². The van der Waals surface area contributed by atoms with E-state index in [0.29, 0.717) is 25.9 Å². The van der Waals surface area contributed by atoms with Crippen LogP contribution in [-0.2, 0) is 14.3 Å². The standard InChI is InChI=1S/C64H123NO5/c1-3-5-7-9-11-13-15-17-19-20-21-22-23-24-25-26-27-28-30-32-36-40-44-48-52-56-62(67)61(60-66)65-63(68)57-53-49-45-41-37-33-31-35-39-43-47-51-55-59-70-64(69)58-54-50-46-42-38-34-29-18-16-14-12-10-8-6-4-2/h18,29,33,37,61-62,66-67H,3-17,19-28,30-32,34-36,38-60H2,1-2H3,(H,65,68)/b29-18-,37-33-. The second-order valence-corrected chi connectivity index (χ2v) is 21.7. The summed E-state index contributed by atoms with van der Waals surface area (Å²) in [6.07, 6.45) is 73.3. The largest absolute Gasteiger partial charge is 0.466 e. The van der Waals surface area contributed by atoms with Crippen LogP contribution < -0.4 is 5.32 Å². The number of rotatable bonds is 59. The van der Waals surface area contributed by atoms with Crippen LogP contribution in [0.5, 0.6) is 0 Å². The number of unbranched alkanes of at least 4 members (excludes halogenated alkanes) is 44. The van der Waals surface area contributed by atoms with Crippen molar-refractivity contribution in [3.05, 3.63) is 24.3 Å². The lowest BCUT2D eigenvalue weighted by atomic mass is 10.0. The third-order valence-electron chi connectivity index (χ3n) is 14.7. The van der Waals surface area contributed by atoms with E-state index in [1.54, 1.807) is 0 Å². The van der Waals surface area contributed by atoms with Gasteiger partial charge in [-0.15, -0.1) is 0 Å². The molecule has 0 saturated heterocycles. The van der Waals surface area contributed by atoms with Gasteiger partial charge in [0.15, 0.2) is 0 Å². The van der Waals surface area contributed by atoms with Gasteiger partial charge in [0.2, 0.25) is 5.91 Å². The van der Waals surface area contributed by atoms with Crippen LogP contribution in [0, 0.1) is 0 Å². The van der Waals surface area contributed by atoms with E-state index in [1.165, 1.54) is 244 Å². The van der Waals surface area contributed by atoms with Crippen molar-refractivity contribution in [1.29, 1.82) is 0 Å². The minimum absolute atomic E-state index is 0.0195. The maximum Gasteiger partial charge on any atom is 0.305 e. The normalized spacial score (nSPS) is 12.7. The summed E-state index contributed by atoms with van der Waals surface area (Å²) in [5, 5.41) is 23.4. The van der Waals surface area contributed by atoms with Gasteiger partial charge in [0.25, 0.3) is 0 Å². The Hall–Kier alpha value is -1.66. The summed E-state index contributed by atoms with van der Waals surface area (Å²) in [5.74, 6) is -0.0810. The Morgan fingerprint density at radius 2 is 0.671 bits per heavy atom. The van der Waals surface area contributed by atoms with E-state index in [2.05, 4.69) is 43.5 Å². The van der Waals surface area contributed by atoms with E-state index in [0.717, 1.165) is 70.6 Å². The molecule has 0 rings (SSSR count). The number of carbonyl (C=O) groups is 2. The summed E-state index contributed by atoms with van der Waals surface area (Å²) in [5.41, 5.74) is 0. The molecule has 2 unspecified atom stereocenters. The zero-order valence-electron chi connectivity index (χ0n) is 47.3. The molecule has 2 atom stereocenters. The molecule has 70 heavy (non-hydrogen) atoms.